The third-order valence-corrected chi connectivity index (χ3v) is 2.67. The third kappa shape index (κ3) is 2.14. The number of aromatic nitrogens is 1. The van der Waals surface area contributed by atoms with Crippen LogP contribution in [0.25, 0.3) is 10.9 Å². The Labute approximate surface area is 94.9 Å². The SMILES string of the molecule is CN(C)CCn1c(=O)ccc2ccccc21. The number of fused-ring (bicyclic) bond motifs is 1. The Balaban J connectivity index is 2.49. The molecule has 0 saturated heterocycles. The van der Waals surface area contributed by atoms with Crippen molar-refractivity contribution >= 4 is 10.9 Å². The fourth-order valence-electron chi connectivity index (χ4n) is 1.77. The summed E-state index contributed by atoms with van der Waals surface area (Å²) >= 11 is 0. The third-order valence-electron chi connectivity index (χ3n) is 2.67. The Kier molecular flexibility index (Phi) is 3.06. The second-order valence-corrected chi connectivity index (χ2v) is 4.19. The van der Waals surface area contributed by atoms with Crippen LogP contribution in [-0.2, 0) is 6.54 Å². The summed E-state index contributed by atoms with van der Waals surface area (Å²) in [5, 5.41) is 1.11. The number of pyridine rings is 1. The summed E-state index contributed by atoms with van der Waals surface area (Å²) in [5.74, 6) is 0. The lowest BCUT2D eigenvalue weighted by molar-refractivity contribution is 0.384. The van der Waals surface area contributed by atoms with Crippen molar-refractivity contribution in [2.24, 2.45) is 0 Å². The molecule has 16 heavy (non-hydrogen) atoms. The second-order valence-electron chi connectivity index (χ2n) is 4.19. The van der Waals surface area contributed by atoms with Crippen LogP contribution in [0.3, 0.4) is 0 Å². The Hall–Kier alpha value is -1.61. The van der Waals surface area contributed by atoms with Crippen LogP contribution in [0.1, 0.15) is 0 Å². The molecule has 0 bridgehead atoms. The molecule has 84 valence electrons. The first-order chi connectivity index (χ1) is 7.68. The van der Waals surface area contributed by atoms with Crippen LogP contribution in [0.15, 0.2) is 41.2 Å². The van der Waals surface area contributed by atoms with E-state index in [0.29, 0.717) is 0 Å². The van der Waals surface area contributed by atoms with Gasteiger partial charge in [0.05, 0.1) is 5.52 Å². The first-order valence-electron chi connectivity index (χ1n) is 5.42. The van der Waals surface area contributed by atoms with Crippen LogP contribution < -0.4 is 5.56 Å². The minimum atomic E-state index is 0.0700. The molecule has 0 aliphatic carbocycles. The molecule has 0 unspecified atom stereocenters. The molecule has 0 aliphatic rings. The minimum absolute atomic E-state index is 0.0700. The highest BCUT2D eigenvalue weighted by atomic mass is 16.1. The highest BCUT2D eigenvalue weighted by molar-refractivity contribution is 5.78. The highest BCUT2D eigenvalue weighted by Gasteiger charge is 2.02. The van der Waals surface area contributed by atoms with Gasteiger partial charge in [-0.2, -0.15) is 0 Å². The second kappa shape index (κ2) is 4.49. The van der Waals surface area contributed by atoms with Gasteiger partial charge in [-0.25, -0.2) is 0 Å². The van der Waals surface area contributed by atoms with Gasteiger partial charge in [0.25, 0.3) is 5.56 Å². The average Bonchev–Trinajstić information content (AvgIpc) is 2.27. The molecule has 3 heteroatoms. The Morgan fingerprint density at radius 1 is 1.12 bits per heavy atom. The summed E-state index contributed by atoms with van der Waals surface area (Å²) in [6, 6.07) is 11.5. The van der Waals surface area contributed by atoms with Crippen molar-refractivity contribution in [1.29, 1.82) is 0 Å². The van der Waals surface area contributed by atoms with Gasteiger partial charge in [0.15, 0.2) is 0 Å². The highest BCUT2D eigenvalue weighted by Crippen LogP contribution is 2.10. The van der Waals surface area contributed by atoms with E-state index in [4.69, 9.17) is 0 Å². The van der Waals surface area contributed by atoms with Crippen LogP contribution in [0.5, 0.6) is 0 Å². The molecular weight excluding hydrogens is 200 g/mol. The number of hydrogen-bond donors (Lipinski definition) is 0. The lowest BCUT2D eigenvalue weighted by Gasteiger charge is -2.13. The zero-order chi connectivity index (χ0) is 11.5. The maximum Gasteiger partial charge on any atom is 0.251 e. The van der Waals surface area contributed by atoms with Crippen molar-refractivity contribution < 1.29 is 0 Å². The van der Waals surface area contributed by atoms with Crippen molar-refractivity contribution in [2.45, 2.75) is 6.54 Å². The van der Waals surface area contributed by atoms with E-state index in [-0.39, 0.29) is 5.56 Å². The predicted molar refractivity (Wildman–Crippen MR) is 66.8 cm³/mol. The fourth-order valence-corrected chi connectivity index (χ4v) is 1.77. The van der Waals surface area contributed by atoms with Gasteiger partial charge in [-0.1, -0.05) is 18.2 Å². The molecule has 1 aromatic heterocycles. The number of nitrogens with zero attached hydrogens (tertiary/aromatic N) is 2. The molecule has 0 amide bonds. The van der Waals surface area contributed by atoms with Crippen LogP contribution in [0.4, 0.5) is 0 Å². The zero-order valence-electron chi connectivity index (χ0n) is 9.68. The number of para-hydroxylation sites is 1. The summed E-state index contributed by atoms with van der Waals surface area (Å²) in [7, 11) is 4.02. The van der Waals surface area contributed by atoms with E-state index >= 15 is 0 Å². The van der Waals surface area contributed by atoms with Crippen molar-refractivity contribution in [3.05, 3.63) is 46.8 Å². The lowest BCUT2D eigenvalue weighted by Crippen LogP contribution is -2.26. The van der Waals surface area contributed by atoms with Gasteiger partial charge >= 0.3 is 0 Å². The van der Waals surface area contributed by atoms with Gasteiger partial charge in [0.1, 0.15) is 0 Å². The van der Waals surface area contributed by atoms with Gasteiger partial charge in [0.2, 0.25) is 0 Å². The fraction of sp³-hybridized carbons (Fsp3) is 0.308. The summed E-state index contributed by atoms with van der Waals surface area (Å²) in [5.41, 5.74) is 1.08. The number of benzene rings is 1. The molecule has 1 heterocycles. The molecule has 0 aliphatic heterocycles. The molecule has 3 nitrogen and oxygen atoms in total. The van der Waals surface area contributed by atoms with E-state index in [1.165, 1.54) is 0 Å². The molecule has 2 aromatic rings. The molecule has 0 atom stereocenters. The van der Waals surface area contributed by atoms with E-state index in [9.17, 15) is 4.79 Å². The van der Waals surface area contributed by atoms with Gasteiger partial charge in [-0.3, -0.25) is 4.79 Å². The van der Waals surface area contributed by atoms with E-state index in [0.717, 1.165) is 24.0 Å². The Morgan fingerprint density at radius 2 is 1.88 bits per heavy atom. The quantitative estimate of drug-likeness (QED) is 0.778. The van der Waals surface area contributed by atoms with E-state index < -0.39 is 0 Å². The summed E-state index contributed by atoms with van der Waals surface area (Å²) in [6.45, 7) is 1.60. The topological polar surface area (TPSA) is 25.2 Å². The zero-order valence-corrected chi connectivity index (χ0v) is 9.68. The lowest BCUT2D eigenvalue weighted by atomic mass is 10.2. The van der Waals surface area contributed by atoms with Crippen molar-refractivity contribution in [2.75, 3.05) is 20.6 Å². The first kappa shape index (κ1) is 10.9. The monoisotopic (exact) mass is 216 g/mol. The number of rotatable bonds is 3. The van der Waals surface area contributed by atoms with E-state index in [1.54, 1.807) is 6.07 Å². The Morgan fingerprint density at radius 3 is 2.62 bits per heavy atom. The molecule has 1 aromatic carbocycles. The van der Waals surface area contributed by atoms with E-state index in [2.05, 4.69) is 4.90 Å². The number of likely N-dealkylation sites (N-methyl/N-ethyl adjacent to an activating group) is 1. The van der Waals surface area contributed by atoms with Crippen molar-refractivity contribution in [3.8, 4) is 0 Å². The minimum Gasteiger partial charge on any atom is -0.308 e. The number of hydrogen-bond acceptors (Lipinski definition) is 2. The summed E-state index contributed by atoms with van der Waals surface area (Å²) in [6.07, 6.45) is 0. The van der Waals surface area contributed by atoms with Crippen LogP contribution >= 0.6 is 0 Å². The van der Waals surface area contributed by atoms with Gasteiger partial charge in [-0.05, 0) is 31.6 Å². The average molecular weight is 216 g/mol. The predicted octanol–water partition coefficient (Wildman–Crippen LogP) is 1.56. The smallest absolute Gasteiger partial charge is 0.251 e. The van der Waals surface area contributed by atoms with Crippen LogP contribution in [-0.4, -0.2) is 30.1 Å². The molecule has 0 fully saturated rings. The first-order valence-corrected chi connectivity index (χ1v) is 5.42. The summed E-state index contributed by atoms with van der Waals surface area (Å²) < 4.78 is 1.83. The molecule has 0 saturated carbocycles. The molecule has 0 spiro atoms. The van der Waals surface area contributed by atoms with Gasteiger partial charge in [-0.15, -0.1) is 0 Å². The van der Waals surface area contributed by atoms with E-state index in [1.807, 2.05) is 49.0 Å². The van der Waals surface area contributed by atoms with Gasteiger partial charge < -0.3 is 9.47 Å². The van der Waals surface area contributed by atoms with Crippen LogP contribution in [0.2, 0.25) is 0 Å². The normalized spacial score (nSPS) is 11.2. The van der Waals surface area contributed by atoms with Crippen molar-refractivity contribution in [1.82, 2.24) is 9.47 Å². The standard InChI is InChI=1S/C13H16N2O/c1-14(2)9-10-15-12-6-4-3-5-11(12)7-8-13(15)16/h3-8H,9-10H2,1-2H3. The molecule has 0 N–H and O–H groups in total. The van der Waals surface area contributed by atoms with Crippen molar-refractivity contribution in [3.63, 3.8) is 0 Å². The van der Waals surface area contributed by atoms with Gasteiger partial charge in [0, 0.05) is 19.2 Å². The molecule has 2 rings (SSSR count). The molecular formula is C13H16N2O. The largest absolute Gasteiger partial charge is 0.308 e. The summed E-state index contributed by atoms with van der Waals surface area (Å²) in [4.78, 5) is 13.9. The molecule has 0 radical (unpaired) electrons. The van der Waals surface area contributed by atoms with Crippen LogP contribution in [0, 0.1) is 0 Å². The maximum absolute atomic E-state index is 11.8. The maximum atomic E-state index is 11.8. The Bertz CT molecular complexity index is 543.